The van der Waals surface area contributed by atoms with E-state index >= 15 is 0 Å². The molecule has 1 aromatic rings. The highest BCUT2D eigenvalue weighted by molar-refractivity contribution is 8.04. The summed E-state index contributed by atoms with van der Waals surface area (Å²) >= 11 is 1.32. The maximum atomic E-state index is 13.7. The lowest BCUT2D eigenvalue weighted by Crippen LogP contribution is -2.62. The van der Waals surface area contributed by atoms with Gasteiger partial charge >= 0.3 is 0 Å². The summed E-state index contributed by atoms with van der Waals surface area (Å²) in [6.07, 6.45) is 0.268. The topological polar surface area (TPSA) is 82.9 Å². The van der Waals surface area contributed by atoms with Crippen molar-refractivity contribution in [2.75, 3.05) is 13.8 Å². The van der Waals surface area contributed by atoms with Crippen LogP contribution in [0.25, 0.3) is 0 Å². The average molecular weight is 397 g/mol. The maximum Gasteiger partial charge on any atom is 0.265 e. The van der Waals surface area contributed by atoms with Gasteiger partial charge in [0.25, 0.3) is 11.8 Å². The van der Waals surface area contributed by atoms with Gasteiger partial charge in [0, 0.05) is 13.5 Å². The van der Waals surface area contributed by atoms with E-state index in [0.29, 0.717) is 17.1 Å². The monoisotopic (exact) mass is 397 g/mol. The molecule has 1 aromatic carbocycles. The number of carbonyl (C=O) groups is 2. The fourth-order valence-corrected chi connectivity index (χ4v) is 7.04. The Bertz CT molecular complexity index is 1020. The van der Waals surface area contributed by atoms with Crippen LogP contribution in [0.4, 0.5) is 0 Å². The summed E-state index contributed by atoms with van der Waals surface area (Å²) in [4.78, 5) is 27.9. The third-order valence-corrected chi connectivity index (χ3v) is 8.29. The number of ether oxygens (including phenoxy) is 2. The largest absolute Gasteiger partial charge is 0.454 e. The van der Waals surface area contributed by atoms with Crippen molar-refractivity contribution in [2.45, 2.75) is 36.1 Å². The van der Waals surface area contributed by atoms with Crippen LogP contribution in [0.15, 0.2) is 30.4 Å². The van der Waals surface area contributed by atoms with Crippen LogP contribution in [0, 0.1) is 16.7 Å². The van der Waals surface area contributed by atoms with E-state index in [1.165, 1.54) is 16.7 Å². The molecule has 0 N–H and O–H groups in total. The first-order valence-corrected chi connectivity index (χ1v) is 9.82. The third-order valence-electron chi connectivity index (χ3n) is 6.34. The van der Waals surface area contributed by atoms with Crippen LogP contribution >= 0.6 is 11.8 Å². The zero-order chi connectivity index (χ0) is 20.1. The molecule has 2 amide bonds. The molecule has 3 saturated heterocycles. The van der Waals surface area contributed by atoms with E-state index in [-0.39, 0.29) is 25.0 Å². The lowest BCUT2D eigenvalue weighted by molar-refractivity contribution is -0.158. The Labute approximate surface area is 166 Å². The summed E-state index contributed by atoms with van der Waals surface area (Å²) in [5, 5.41) is 10.0. The van der Waals surface area contributed by atoms with Crippen LogP contribution in [0.5, 0.6) is 11.5 Å². The quantitative estimate of drug-likeness (QED) is 0.713. The number of nitrogens with zero attached hydrogens (tertiary/aromatic N) is 3. The summed E-state index contributed by atoms with van der Waals surface area (Å²) in [5.41, 5.74) is 0.463. The van der Waals surface area contributed by atoms with Gasteiger partial charge in [0.2, 0.25) is 6.79 Å². The van der Waals surface area contributed by atoms with Gasteiger partial charge in [-0.2, -0.15) is 5.26 Å². The van der Waals surface area contributed by atoms with Crippen LogP contribution in [-0.2, 0) is 9.59 Å². The van der Waals surface area contributed by atoms with Gasteiger partial charge in [0.15, 0.2) is 21.2 Å². The van der Waals surface area contributed by atoms with Gasteiger partial charge in [-0.1, -0.05) is 24.4 Å². The predicted molar refractivity (Wildman–Crippen MR) is 101 cm³/mol. The van der Waals surface area contributed by atoms with Gasteiger partial charge in [-0.15, -0.1) is 0 Å². The van der Waals surface area contributed by atoms with Gasteiger partial charge in [-0.3, -0.25) is 9.59 Å². The number of hydrogen-bond acceptors (Lipinski definition) is 6. The lowest BCUT2D eigenvalue weighted by atomic mass is 9.79. The van der Waals surface area contributed by atoms with Crippen molar-refractivity contribution in [1.82, 2.24) is 9.80 Å². The second kappa shape index (κ2) is 5.03. The van der Waals surface area contributed by atoms with Crippen LogP contribution in [0.1, 0.15) is 31.9 Å². The predicted octanol–water partition coefficient (Wildman–Crippen LogP) is 2.41. The van der Waals surface area contributed by atoms with Crippen molar-refractivity contribution in [2.24, 2.45) is 5.41 Å². The van der Waals surface area contributed by atoms with E-state index in [2.05, 4.69) is 12.6 Å². The molecular weight excluding hydrogens is 378 g/mol. The Hall–Kier alpha value is -2.66. The van der Waals surface area contributed by atoms with E-state index in [0.717, 1.165) is 5.56 Å². The fraction of sp³-hybridized carbons (Fsp3) is 0.450. The van der Waals surface area contributed by atoms with E-state index in [4.69, 9.17) is 9.47 Å². The van der Waals surface area contributed by atoms with Crippen molar-refractivity contribution in [1.29, 1.82) is 5.26 Å². The number of fused-ring (bicyclic) bond motifs is 2. The summed E-state index contributed by atoms with van der Waals surface area (Å²) < 4.78 is 10.9. The summed E-state index contributed by atoms with van der Waals surface area (Å²) in [6, 6.07) is 7.27. The molecule has 0 radical (unpaired) electrons. The molecule has 0 saturated carbocycles. The third kappa shape index (κ3) is 1.68. The number of thioether (sulfide) groups is 1. The number of amides is 2. The van der Waals surface area contributed by atoms with E-state index < -0.39 is 21.2 Å². The van der Waals surface area contributed by atoms with Crippen molar-refractivity contribution in [3.63, 3.8) is 0 Å². The standard InChI is InChI=1S/C20H19N3O4S/c1-11(2)20-17(25)23-15(12-5-6-13-14(7-12)27-10-26-13)18(3,9-21)8-19(23,28-20)16(24)22(20)4/h5-7,15H,1,8,10H2,2-4H3/t15-,18+,19-,20-/m0/s1. The number of likely N-dealkylation sites (N-methyl/N-ethyl adjacent to an activating group) is 1. The molecule has 7 nitrogen and oxygen atoms in total. The molecule has 2 bridgehead atoms. The number of benzene rings is 1. The van der Waals surface area contributed by atoms with E-state index in [1.807, 2.05) is 19.1 Å². The Balaban J connectivity index is 1.71. The minimum Gasteiger partial charge on any atom is -0.454 e. The molecule has 4 aliphatic heterocycles. The van der Waals surface area contributed by atoms with Crippen molar-refractivity contribution >= 4 is 23.6 Å². The van der Waals surface area contributed by atoms with Gasteiger partial charge in [-0.25, -0.2) is 0 Å². The van der Waals surface area contributed by atoms with Crippen molar-refractivity contribution in [3.05, 3.63) is 35.9 Å². The van der Waals surface area contributed by atoms with Crippen LogP contribution in [-0.4, -0.2) is 45.2 Å². The second-order valence-corrected chi connectivity index (χ2v) is 9.54. The smallest absolute Gasteiger partial charge is 0.265 e. The minimum absolute atomic E-state index is 0.142. The molecule has 3 fully saturated rings. The highest BCUT2D eigenvalue weighted by Gasteiger charge is 2.80. The van der Waals surface area contributed by atoms with Crippen molar-refractivity contribution < 1.29 is 19.1 Å². The number of nitriles is 1. The van der Waals surface area contributed by atoms with Gasteiger partial charge in [0.1, 0.15) is 0 Å². The number of piperazine rings is 1. The number of hydrogen-bond donors (Lipinski definition) is 0. The average Bonchev–Trinajstić information content (AvgIpc) is 3.35. The lowest BCUT2D eigenvalue weighted by Gasteiger charge is -2.41. The first-order valence-electron chi connectivity index (χ1n) is 9.00. The first kappa shape index (κ1) is 17.4. The zero-order valence-electron chi connectivity index (χ0n) is 15.8. The molecule has 0 aliphatic carbocycles. The molecule has 0 aromatic heterocycles. The second-order valence-electron chi connectivity index (χ2n) is 8.07. The van der Waals surface area contributed by atoms with Gasteiger partial charge < -0.3 is 19.3 Å². The maximum absolute atomic E-state index is 13.7. The number of carbonyl (C=O) groups excluding carboxylic acids is 2. The SMILES string of the molecule is C=C(C)[C@]12S[C@@]3(C[C@](C)(C#N)[C@H](c4ccc5c(c4)OCO5)N3C1=O)C(=O)N2C. The minimum atomic E-state index is -1.11. The van der Waals surface area contributed by atoms with Crippen LogP contribution < -0.4 is 9.47 Å². The molecule has 0 unspecified atom stereocenters. The Morgan fingerprint density at radius 3 is 2.71 bits per heavy atom. The van der Waals surface area contributed by atoms with E-state index in [9.17, 15) is 14.9 Å². The van der Waals surface area contributed by atoms with Crippen molar-refractivity contribution in [3.8, 4) is 17.6 Å². The van der Waals surface area contributed by atoms with E-state index in [1.54, 1.807) is 24.9 Å². The Kier molecular flexibility index (Phi) is 3.13. The highest BCUT2D eigenvalue weighted by Crippen LogP contribution is 2.70. The number of rotatable bonds is 2. The molecule has 4 aliphatic rings. The van der Waals surface area contributed by atoms with Crippen LogP contribution in [0.3, 0.4) is 0 Å². The molecule has 4 atom stereocenters. The zero-order valence-corrected chi connectivity index (χ0v) is 16.6. The molecule has 28 heavy (non-hydrogen) atoms. The van der Waals surface area contributed by atoms with Gasteiger partial charge in [-0.05, 0) is 37.1 Å². The summed E-state index contributed by atoms with van der Waals surface area (Å²) in [6.45, 7) is 7.74. The Morgan fingerprint density at radius 2 is 2.04 bits per heavy atom. The first-order chi connectivity index (χ1) is 13.2. The molecule has 8 heteroatoms. The van der Waals surface area contributed by atoms with Crippen LogP contribution in [0.2, 0.25) is 0 Å². The summed E-state index contributed by atoms with van der Waals surface area (Å²) in [5.74, 6) is 0.882. The molecule has 4 heterocycles. The molecular formula is C20H19N3O4S. The molecule has 5 rings (SSSR count). The summed E-state index contributed by atoms with van der Waals surface area (Å²) in [7, 11) is 1.64. The fourth-order valence-electron chi connectivity index (χ4n) is 5.09. The Morgan fingerprint density at radius 1 is 1.32 bits per heavy atom. The normalized spacial score (nSPS) is 37.4. The highest BCUT2D eigenvalue weighted by atomic mass is 32.2. The molecule has 144 valence electrons. The van der Waals surface area contributed by atoms with Gasteiger partial charge in [0.05, 0.1) is 17.5 Å². The molecule has 1 spiro atoms.